The van der Waals surface area contributed by atoms with Gasteiger partial charge in [-0.05, 0) is 31.2 Å². The molecule has 2 amide bonds. The smallest absolute Gasteiger partial charge is 0.383 e. The number of nitrogens with one attached hydrogen (secondary N) is 1. The summed E-state index contributed by atoms with van der Waals surface area (Å²) < 4.78 is 39.1. The second-order valence-corrected chi connectivity index (χ2v) is 5.67. The third-order valence-corrected chi connectivity index (χ3v) is 4.01. The van der Waals surface area contributed by atoms with E-state index in [-0.39, 0.29) is 32.0 Å². The van der Waals surface area contributed by atoms with Crippen LogP contribution in [0.3, 0.4) is 0 Å². The summed E-state index contributed by atoms with van der Waals surface area (Å²) in [5, 5.41) is 16.0. The molecule has 1 atom stereocenters. The minimum Gasteiger partial charge on any atom is -0.383 e. The molecule has 0 aromatic carbocycles. The first-order valence-electron chi connectivity index (χ1n) is 7.63. The average Bonchev–Trinajstić information content (AvgIpc) is 3.03. The lowest BCUT2D eigenvalue weighted by atomic mass is 9.91. The Morgan fingerprint density at radius 1 is 1.39 bits per heavy atom. The quantitative estimate of drug-likeness (QED) is 0.804. The van der Waals surface area contributed by atoms with Crippen LogP contribution < -0.4 is 5.32 Å². The molecule has 0 aliphatic carbocycles. The van der Waals surface area contributed by atoms with Gasteiger partial charge in [0.15, 0.2) is 6.10 Å². The summed E-state index contributed by atoms with van der Waals surface area (Å²) in [6.45, 7) is 1.61. The van der Waals surface area contributed by atoms with Gasteiger partial charge in [0.1, 0.15) is 0 Å². The molecule has 2 N–H and O–H groups in total. The Bertz CT molecular complexity index is 485. The van der Waals surface area contributed by atoms with E-state index in [2.05, 4.69) is 10.4 Å². The zero-order valence-electron chi connectivity index (χ0n) is 12.7. The van der Waals surface area contributed by atoms with Gasteiger partial charge in [-0.3, -0.25) is 4.68 Å². The van der Waals surface area contributed by atoms with Gasteiger partial charge in [0.25, 0.3) is 0 Å². The van der Waals surface area contributed by atoms with Gasteiger partial charge >= 0.3 is 12.2 Å². The fourth-order valence-electron chi connectivity index (χ4n) is 2.67. The van der Waals surface area contributed by atoms with E-state index in [1.54, 1.807) is 10.9 Å². The summed E-state index contributed by atoms with van der Waals surface area (Å²) in [6.07, 6.45) is -2.36. The van der Waals surface area contributed by atoms with E-state index >= 15 is 0 Å². The zero-order valence-corrected chi connectivity index (χ0v) is 12.7. The van der Waals surface area contributed by atoms with Gasteiger partial charge in [-0.25, -0.2) is 4.79 Å². The van der Waals surface area contributed by atoms with Gasteiger partial charge in [0.2, 0.25) is 0 Å². The molecule has 6 nitrogen and oxygen atoms in total. The van der Waals surface area contributed by atoms with Crippen molar-refractivity contribution >= 4 is 6.03 Å². The molecule has 2 heterocycles. The normalized spacial score (nSPS) is 18.0. The van der Waals surface area contributed by atoms with Crippen molar-refractivity contribution in [2.75, 3.05) is 19.6 Å². The molecular formula is C14H21F3N4O2. The Hall–Kier alpha value is -1.77. The summed E-state index contributed by atoms with van der Waals surface area (Å²) in [4.78, 5) is 13.4. The summed E-state index contributed by atoms with van der Waals surface area (Å²) >= 11 is 0. The molecular weight excluding hydrogens is 313 g/mol. The first-order chi connectivity index (χ1) is 10.9. The number of aromatic nitrogens is 2. The Morgan fingerprint density at radius 3 is 2.65 bits per heavy atom. The van der Waals surface area contributed by atoms with Crippen LogP contribution in [0.2, 0.25) is 0 Å². The van der Waals surface area contributed by atoms with Gasteiger partial charge in [-0.2, -0.15) is 18.3 Å². The Kier molecular flexibility index (Phi) is 5.86. The van der Waals surface area contributed by atoms with Crippen molar-refractivity contribution in [1.82, 2.24) is 20.0 Å². The molecule has 9 heteroatoms. The molecule has 1 aliphatic rings. The van der Waals surface area contributed by atoms with Crippen LogP contribution in [0.4, 0.5) is 18.0 Å². The highest BCUT2D eigenvalue weighted by atomic mass is 19.4. The largest absolute Gasteiger partial charge is 0.414 e. The second kappa shape index (κ2) is 7.67. The maximum atomic E-state index is 12.5. The molecule has 0 saturated carbocycles. The minimum atomic E-state index is -4.60. The van der Waals surface area contributed by atoms with Crippen LogP contribution in [0.1, 0.15) is 19.3 Å². The number of aryl methyl sites for hydroxylation is 1. The van der Waals surface area contributed by atoms with Crippen molar-refractivity contribution in [3.8, 4) is 0 Å². The summed E-state index contributed by atoms with van der Waals surface area (Å²) in [5.74, 6) is -0.834. The number of halogens is 3. The van der Waals surface area contributed by atoms with Gasteiger partial charge in [0, 0.05) is 38.6 Å². The van der Waals surface area contributed by atoms with Crippen LogP contribution in [0, 0.1) is 5.92 Å². The lowest BCUT2D eigenvalue weighted by Crippen LogP contribution is -2.48. The van der Waals surface area contributed by atoms with Crippen molar-refractivity contribution in [3.63, 3.8) is 0 Å². The van der Waals surface area contributed by atoms with Crippen molar-refractivity contribution in [1.29, 1.82) is 0 Å². The summed E-state index contributed by atoms with van der Waals surface area (Å²) in [7, 11) is 0. The Morgan fingerprint density at radius 2 is 2.09 bits per heavy atom. The number of hydrogen-bond donors (Lipinski definition) is 2. The maximum Gasteiger partial charge on any atom is 0.414 e. The van der Waals surface area contributed by atoms with Gasteiger partial charge in [-0.15, -0.1) is 0 Å². The maximum absolute atomic E-state index is 12.5. The number of rotatable bonds is 5. The van der Waals surface area contributed by atoms with E-state index in [9.17, 15) is 23.1 Å². The fraction of sp³-hybridized carbons (Fsp3) is 0.714. The van der Waals surface area contributed by atoms with Gasteiger partial charge in [0.05, 0.1) is 0 Å². The Labute approximate surface area is 132 Å². The molecule has 1 aliphatic heterocycles. The number of carbonyl (C=O) groups excluding carboxylic acids is 1. The van der Waals surface area contributed by atoms with Crippen molar-refractivity contribution in [2.24, 2.45) is 5.92 Å². The van der Waals surface area contributed by atoms with Crippen molar-refractivity contribution < 1.29 is 23.1 Å². The number of hydrogen-bond acceptors (Lipinski definition) is 3. The molecule has 1 fully saturated rings. The van der Waals surface area contributed by atoms with Crippen LogP contribution >= 0.6 is 0 Å². The first kappa shape index (κ1) is 17.6. The first-order valence-corrected chi connectivity index (χ1v) is 7.63. The number of aliphatic hydroxyl groups is 1. The van der Waals surface area contributed by atoms with Gasteiger partial charge in [-0.1, -0.05) is 0 Å². The van der Waals surface area contributed by atoms with Crippen LogP contribution in [0.5, 0.6) is 0 Å². The molecule has 1 unspecified atom stereocenters. The third kappa shape index (κ3) is 5.12. The van der Waals surface area contributed by atoms with E-state index in [4.69, 9.17) is 0 Å². The van der Waals surface area contributed by atoms with Crippen molar-refractivity contribution in [3.05, 3.63) is 18.5 Å². The number of urea groups is 1. The van der Waals surface area contributed by atoms with Crippen LogP contribution in [0.15, 0.2) is 18.5 Å². The number of aliphatic hydroxyl groups excluding tert-OH is 1. The number of amides is 2. The highest BCUT2D eigenvalue weighted by Gasteiger charge is 2.44. The molecule has 1 saturated heterocycles. The molecule has 0 spiro atoms. The summed E-state index contributed by atoms with van der Waals surface area (Å²) in [6, 6.07) is 1.54. The molecule has 1 aromatic rings. The molecule has 130 valence electrons. The molecule has 1 aromatic heterocycles. The Balaban J connectivity index is 1.65. The molecule has 23 heavy (non-hydrogen) atoms. The predicted octanol–water partition coefficient (Wildman–Crippen LogP) is 1.62. The lowest BCUT2D eigenvalue weighted by Gasteiger charge is -2.34. The van der Waals surface area contributed by atoms with E-state index in [0.717, 1.165) is 6.42 Å². The van der Waals surface area contributed by atoms with Crippen LogP contribution in [-0.4, -0.2) is 57.7 Å². The number of likely N-dealkylation sites (tertiary alicyclic amines) is 1. The highest BCUT2D eigenvalue weighted by Crippen LogP contribution is 2.31. The van der Waals surface area contributed by atoms with Crippen LogP contribution in [-0.2, 0) is 6.54 Å². The van der Waals surface area contributed by atoms with E-state index < -0.39 is 18.2 Å². The predicted molar refractivity (Wildman–Crippen MR) is 76.6 cm³/mol. The van der Waals surface area contributed by atoms with E-state index in [0.29, 0.717) is 13.1 Å². The number of alkyl halides is 3. The molecule has 2 rings (SSSR count). The SMILES string of the molecule is O=C(NCCCn1cccn1)N1CCC(C(O)C(F)(F)F)CC1. The lowest BCUT2D eigenvalue weighted by molar-refractivity contribution is -0.222. The highest BCUT2D eigenvalue weighted by molar-refractivity contribution is 5.74. The monoisotopic (exact) mass is 334 g/mol. The number of nitrogens with zero attached hydrogens (tertiary/aromatic N) is 3. The molecule has 0 bridgehead atoms. The van der Waals surface area contributed by atoms with Crippen LogP contribution in [0.25, 0.3) is 0 Å². The number of piperidine rings is 1. The summed E-state index contributed by atoms with van der Waals surface area (Å²) in [5.41, 5.74) is 0. The second-order valence-electron chi connectivity index (χ2n) is 5.67. The fourth-order valence-corrected chi connectivity index (χ4v) is 2.67. The number of carbonyl (C=O) groups is 1. The van der Waals surface area contributed by atoms with Gasteiger partial charge < -0.3 is 15.3 Å². The third-order valence-electron chi connectivity index (χ3n) is 4.01. The minimum absolute atomic E-state index is 0.154. The average molecular weight is 334 g/mol. The standard InChI is InChI=1S/C14H21F3N4O2/c15-14(16,17)12(22)11-3-9-20(10-4-11)13(23)18-5-1-7-21-8-2-6-19-21/h2,6,8,11-12,22H,1,3-5,7,9-10H2,(H,18,23). The van der Waals surface area contributed by atoms with E-state index in [1.165, 1.54) is 4.90 Å². The topological polar surface area (TPSA) is 70.4 Å². The van der Waals surface area contributed by atoms with Crippen molar-refractivity contribution in [2.45, 2.75) is 38.1 Å². The van der Waals surface area contributed by atoms with E-state index in [1.807, 2.05) is 12.3 Å². The molecule has 0 radical (unpaired) electrons. The zero-order chi connectivity index (χ0) is 16.9.